The second kappa shape index (κ2) is 10.8. The number of hydrogen-bond acceptors (Lipinski definition) is 7. The van der Waals surface area contributed by atoms with E-state index in [0.717, 1.165) is 11.1 Å². The van der Waals surface area contributed by atoms with Gasteiger partial charge in [-0.3, -0.25) is 14.2 Å². The van der Waals surface area contributed by atoms with E-state index in [0.29, 0.717) is 28.4 Å². The van der Waals surface area contributed by atoms with Gasteiger partial charge in [-0.05, 0) is 44.4 Å². The first kappa shape index (κ1) is 26.1. The summed E-state index contributed by atoms with van der Waals surface area (Å²) in [7, 11) is -3.93. The molecule has 0 aliphatic carbocycles. The molecule has 9 nitrogen and oxygen atoms in total. The van der Waals surface area contributed by atoms with Crippen molar-refractivity contribution in [2.75, 3.05) is 6.61 Å². The highest BCUT2D eigenvalue weighted by Crippen LogP contribution is 2.21. The predicted molar refractivity (Wildman–Crippen MR) is 131 cm³/mol. The minimum Gasteiger partial charge on any atom is -0.456 e. The zero-order valence-electron chi connectivity index (χ0n) is 20.3. The van der Waals surface area contributed by atoms with E-state index >= 15 is 0 Å². The molecule has 1 unspecified atom stereocenters. The van der Waals surface area contributed by atoms with E-state index in [1.165, 1.54) is 6.08 Å². The van der Waals surface area contributed by atoms with Crippen LogP contribution >= 0.6 is 0 Å². The summed E-state index contributed by atoms with van der Waals surface area (Å²) in [6.45, 7) is 8.21. The van der Waals surface area contributed by atoms with E-state index in [4.69, 9.17) is 9.26 Å². The SMILES string of the molecule is Cc1cc(-n2c(C)cc(C(=O)COC(=O)C(NS(=O)(=O)/C=C/c3ccccc3)C(C)C)c2C)no1. The summed E-state index contributed by atoms with van der Waals surface area (Å²) >= 11 is 0. The number of ether oxygens (including phenoxy) is 1. The van der Waals surface area contributed by atoms with E-state index in [9.17, 15) is 18.0 Å². The largest absolute Gasteiger partial charge is 0.456 e. The number of nitrogens with zero attached hydrogens (tertiary/aromatic N) is 2. The molecule has 1 N–H and O–H groups in total. The van der Waals surface area contributed by atoms with Crippen LogP contribution in [0.25, 0.3) is 11.9 Å². The van der Waals surface area contributed by atoms with Gasteiger partial charge in [0, 0.05) is 28.4 Å². The standard InChI is InChI=1S/C25H29N3O6S/c1-16(2)24(27-35(31,32)12-11-20-9-7-6-8-10-20)25(30)33-15-22(29)21-13-17(3)28(19(21)5)23-14-18(4)34-26-23/h6-14,16,24,27H,15H2,1-5H3/b12-11+. The molecule has 35 heavy (non-hydrogen) atoms. The molecule has 3 aromatic rings. The highest BCUT2D eigenvalue weighted by molar-refractivity contribution is 7.92. The Balaban J connectivity index is 1.68. The zero-order valence-corrected chi connectivity index (χ0v) is 21.1. The first-order chi connectivity index (χ1) is 16.5. The molecule has 0 amide bonds. The molecule has 2 aromatic heterocycles. The summed E-state index contributed by atoms with van der Waals surface area (Å²) in [5.41, 5.74) is 2.47. The normalized spacial score (nSPS) is 12.9. The van der Waals surface area contributed by atoms with Gasteiger partial charge in [-0.1, -0.05) is 49.3 Å². The number of carbonyl (C=O) groups is 2. The number of sulfonamides is 1. The smallest absolute Gasteiger partial charge is 0.324 e. The lowest BCUT2D eigenvalue weighted by molar-refractivity contribution is -0.145. The number of carbonyl (C=O) groups excluding carboxylic acids is 2. The lowest BCUT2D eigenvalue weighted by Crippen LogP contribution is -2.45. The first-order valence-electron chi connectivity index (χ1n) is 11.1. The second-order valence-corrected chi connectivity index (χ2v) is 10.1. The fourth-order valence-electron chi connectivity index (χ4n) is 3.57. The van der Waals surface area contributed by atoms with Crippen LogP contribution in [0, 0.1) is 26.7 Å². The molecule has 0 fully saturated rings. The van der Waals surface area contributed by atoms with Crippen LogP contribution in [-0.2, 0) is 19.6 Å². The Morgan fingerprint density at radius 1 is 1.14 bits per heavy atom. The summed E-state index contributed by atoms with van der Waals surface area (Å²) < 4.78 is 39.5. The number of aryl methyl sites for hydroxylation is 2. The fourth-order valence-corrected chi connectivity index (χ4v) is 4.70. The second-order valence-electron chi connectivity index (χ2n) is 8.54. The maximum absolute atomic E-state index is 12.8. The van der Waals surface area contributed by atoms with Gasteiger partial charge in [0.2, 0.25) is 15.8 Å². The van der Waals surface area contributed by atoms with E-state index < -0.39 is 40.3 Å². The Morgan fingerprint density at radius 2 is 1.83 bits per heavy atom. The van der Waals surface area contributed by atoms with Gasteiger partial charge in [-0.2, -0.15) is 4.72 Å². The Bertz CT molecular complexity index is 1340. The molecular weight excluding hydrogens is 470 g/mol. The van der Waals surface area contributed by atoms with Crippen molar-refractivity contribution in [2.24, 2.45) is 5.92 Å². The average molecular weight is 500 g/mol. The topological polar surface area (TPSA) is 120 Å². The summed E-state index contributed by atoms with van der Waals surface area (Å²) in [4.78, 5) is 25.5. The van der Waals surface area contributed by atoms with Gasteiger partial charge >= 0.3 is 5.97 Å². The summed E-state index contributed by atoms with van der Waals surface area (Å²) in [5.74, 6) is -0.460. The highest BCUT2D eigenvalue weighted by atomic mass is 32.2. The van der Waals surface area contributed by atoms with Gasteiger partial charge in [0.1, 0.15) is 11.8 Å². The van der Waals surface area contributed by atoms with Crippen molar-refractivity contribution in [1.29, 1.82) is 0 Å². The maximum Gasteiger partial charge on any atom is 0.324 e. The van der Waals surface area contributed by atoms with Crippen LogP contribution in [0.5, 0.6) is 0 Å². The Morgan fingerprint density at radius 3 is 2.43 bits per heavy atom. The Hall–Kier alpha value is -3.50. The number of rotatable bonds is 10. The average Bonchev–Trinajstić information content (AvgIpc) is 3.36. The first-order valence-corrected chi connectivity index (χ1v) is 12.6. The van der Waals surface area contributed by atoms with Crippen molar-refractivity contribution in [3.63, 3.8) is 0 Å². The van der Waals surface area contributed by atoms with E-state index in [-0.39, 0.29) is 0 Å². The molecule has 10 heteroatoms. The Kier molecular flexibility index (Phi) is 8.08. The van der Waals surface area contributed by atoms with Crippen LogP contribution in [0.1, 0.15) is 46.9 Å². The summed E-state index contributed by atoms with van der Waals surface area (Å²) in [6, 6.07) is 11.2. The minimum atomic E-state index is -3.93. The number of ketones is 1. The van der Waals surface area contributed by atoms with E-state index in [1.54, 1.807) is 68.7 Å². The van der Waals surface area contributed by atoms with Crippen molar-refractivity contribution in [1.82, 2.24) is 14.4 Å². The molecule has 1 atom stereocenters. The molecule has 2 heterocycles. The fraction of sp³-hybridized carbons (Fsp3) is 0.320. The van der Waals surface area contributed by atoms with Crippen LogP contribution in [0.15, 0.2) is 52.4 Å². The van der Waals surface area contributed by atoms with Gasteiger partial charge in [-0.25, -0.2) is 8.42 Å². The van der Waals surface area contributed by atoms with Crippen LogP contribution in [-0.4, -0.2) is 42.5 Å². The van der Waals surface area contributed by atoms with Crippen molar-refractivity contribution in [2.45, 2.75) is 40.7 Å². The predicted octanol–water partition coefficient (Wildman–Crippen LogP) is 3.73. The Labute approximate surface area is 204 Å². The lowest BCUT2D eigenvalue weighted by atomic mass is 10.1. The molecule has 0 radical (unpaired) electrons. The number of benzene rings is 1. The molecule has 0 saturated heterocycles. The van der Waals surface area contributed by atoms with Crippen LogP contribution in [0.3, 0.4) is 0 Å². The lowest BCUT2D eigenvalue weighted by Gasteiger charge is -2.19. The quantitative estimate of drug-likeness (QED) is 0.333. The molecular formula is C25H29N3O6S. The maximum atomic E-state index is 12.8. The number of Topliss-reactive ketones (excluding diaryl/α,β-unsaturated/α-hetero) is 1. The third kappa shape index (κ3) is 6.55. The number of aromatic nitrogens is 2. The van der Waals surface area contributed by atoms with Gasteiger partial charge in [0.05, 0.1) is 0 Å². The van der Waals surface area contributed by atoms with Gasteiger partial charge in [0.15, 0.2) is 12.4 Å². The van der Waals surface area contributed by atoms with Crippen molar-refractivity contribution in [3.8, 4) is 5.82 Å². The number of hydrogen-bond donors (Lipinski definition) is 1. The van der Waals surface area contributed by atoms with Crippen molar-refractivity contribution in [3.05, 3.63) is 76.1 Å². The molecule has 0 saturated carbocycles. The molecule has 3 rings (SSSR count). The summed E-state index contributed by atoms with van der Waals surface area (Å²) in [6.07, 6.45) is 1.43. The van der Waals surface area contributed by atoms with Gasteiger partial charge in [0.25, 0.3) is 0 Å². The molecule has 0 aliphatic heterocycles. The van der Waals surface area contributed by atoms with E-state index in [1.807, 2.05) is 13.0 Å². The number of esters is 1. The molecule has 0 bridgehead atoms. The number of nitrogens with one attached hydrogen (secondary N) is 1. The van der Waals surface area contributed by atoms with Gasteiger partial charge < -0.3 is 9.26 Å². The summed E-state index contributed by atoms with van der Waals surface area (Å²) in [5, 5.41) is 4.98. The molecule has 186 valence electrons. The van der Waals surface area contributed by atoms with Crippen molar-refractivity contribution >= 4 is 27.9 Å². The van der Waals surface area contributed by atoms with Crippen molar-refractivity contribution < 1.29 is 27.3 Å². The monoisotopic (exact) mass is 499 g/mol. The highest BCUT2D eigenvalue weighted by Gasteiger charge is 2.29. The van der Waals surface area contributed by atoms with Crippen LogP contribution in [0.2, 0.25) is 0 Å². The third-order valence-corrected chi connectivity index (χ3v) is 6.45. The van der Waals surface area contributed by atoms with Crippen LogP contribution < -0.4 is 4.72 Å². The minimum absolute atomic E-state index is 0.378. The van der Waals surface area contributed by atoms with E-state index in [2.05, 4.69) is 9.88 Å². The molecule has 0 spiro atoms. The zero-order chi connectivity index (χ0) is 25.8. The third-order valence-electron chi connectivity index (χ3n) is 5.37. The molecule has 1 aromatic carbocycles. The van der Waals surface area contributed by atoms with Crippen LogP contribution in [0.4, 0.5) is 0 Å². The van der Waals surface area contributed by atoms with Gasteiger partial charge in [-0.15, -0.1) is 0 Å². The molecule has 0 aliphatic rings.